The maximum Gasteiger partial charge on any atom is 0.237 e. The summed E-state index contributed by atoms with van der Waals surface area (Å²) in [6, 6.07) is 0.0638. The molecule has 0 aromatic rings. The summed E-state index contributed by atoms with van der Waals surface area (Å²) in [4.78, 5) is 12.1. The molecule has 1 saturated carbocycles. The van der Waals surface area contributed by atoms with Gasteiger partial charge in [0, 0.05) is 6.54 Å². The Morgan fingerprint density at radius 2 is 1.89 bits per heavy atom. The van der Waals surface area contributed by atoms with Gasteiger partial charge in [0.1, 0.15) is 0 Å². The molecule has 2 rings (SSSR count). The molecule has 1 saturated heterocycles. The summed E-state index contributed by atoms with van der Waals surface area (Å²) in [7, 11) is 0. The summed E-state index contributed by atoms with van der Waals surface area (Å²) >= 11 is 0. The van der Waals surface area contributed by atoms with Crippen LogP contribution in [-0.2, 0) is 4.79 Å². The molecular formula is C16H30N2O. The molecule has 2 fully saturated rings. The lowest BCUT2D eigenvalue weighted by molar-refractivity contribution is -0.123. The van der Waals surface area contributed by atoms with Crippen molar-refractivity contribution in [3.05, 3.63) is 0 Å². The van der Waals surface area contributed by atoms with Crippen LogP contribution in [0.3, 0.4) is 0 Å². The molecule has 1 atom stereocenters. The molecule has 1 unspecified atom stereocenters. The largest absolute Gasteiger partial charge is 0.355 e. The van der Waals surface area contributed by atoms with Crippen molar-refractivity contribution in [1.29, 1.82) is 0 Å². The van der Waals surface area contributed by atoms with E-state index >= 15 is 0 Å². The fraction of sp³-hybridized carbons (Fsp3) is 0.938. The summed E-state index contributed by atoms with van der Waals surface area (Å²) in [5.74, 6) is 1.99. The second-order valence-electron chi connectivity index (χ2n) is 6.56. The van der Waals surface area contributed by atoms with Gasteiger partial charge >= 0.3 is 0 Å². The topological polar surface area (TPSA) is 41.1 Å². The maximum absolute atomic E-state index is 12.1. The van der Waals surface area contributed by atoms with E-state index in [2.05, 4.69) is 17.6 Å². The van der Waals surface area contributed by atoms with Crippen LogP contribution in [-0.4, -0.2) is 25.0 Å². The maximum atomic E-state index is 12.1. The van der Waals surface area contributed by atoms with Crippen LogP contribution in [0.4, 0.5) is 0 Å². The molecule has 1 aliphatic carbocycles. The van der Waals surface area contributed by atoms with E-state index in [0.717, 1.165) is 31.3 Å². The first-order chi connectivity index (χ1) is 9.25. The number of amides is 1. The van der Waals surface area contributed by atoms with E-state index in [4.69, 9.17) is 0 Å². The first-order valence-corrected chi connectivity index (χ1v) is 8.27. The average Bonchev–Trinajstić information content (AvgIpc) is 2.70. The molecule has 19 heavy (non-hydrogen) atoms. The molecule has 0 aromatic carbocycles. The molecule has 1 amide bonds. The van der Waals surface area contributed by atoms with Gasteiger partial charge in [0.15, 0.2) is 0 Å². The fourth-order valence-electron chi connectivity index (χ4n) is 3.39. The average molecular weight is 266 g/mol. The van der Waals surface area contributed by atoms with Crippen molar-refractivity contribution in [2.75, 3.05) is 13.1 Å². The predicted molar refractivity (Wildman–Crippen MR) is 79.0 cm³/mol. The van der Waals surface area contributed by atoms with Crippen LogP contribution in [0.15, 0.2) is 0 Å². The van der Waals surface area contributed by atoms with E-state index in [9.17, 15) is 4.79 Å². The lowest BCUT2D eigenvalue weighted by Crippen LogP contribution is -2.44. The molecule has 3 heteroatoms. The Morgan fingerprint density at radius 1 is 1.11 bits per heavy atom. The molecule has 0 radical (unpaired) electrons. The Hall–Kier alpha value is -0.570. The highest BCUT2D eigenvalue weighted by Crippen LogP contribution is 2.29. The standard InChI is InChI=1S/C16H30N2O/c1-13-6-8-14(9-7-13)10-12-18-16(19)15-5-3-2-4-11-17-15/h13-15,17H,2-12H2,1H3,(H,18,19). The Balaban J connectivity index is 1.60. The second kappa shape index (κ2) is 7.88. The van der Waals surface area contributed by atoms with Gasteiger partial charge < -0.3 is 10.6 Å². The van der Waals surface area contributed by atoms with E-state index < -0.39 is 0 Å². The third-order valence-electron chi connectivity index (χ3n) is 4.86. The second-order valence-corrected chi connectivity index (χ2v) is 6.56. The molecule has 3 nitrogen and oxygen atoms in total. The Morgan fingerprint density at radius 3 is 2.68 bits per heavy atom. The van der Waals surface area contributed by atoms with Gasteiger partial charge in [-0.25, -0.2) is 0 Å². The van der Waals surface area contributed by atoms with Crippen molar-refractivity contribution in [3.63, 3.8) is 0 Å². The normalized spacial score (nSPS) is 32.6. The van der Waals surface area contributed by atoms with Gasteiger partial charge in [0.05, 0.1) is 6.04 Å². The van der Waals surface area contributed by atoms with Crippen molar-refractivity contribution >= 4 is 5.91 Å². The lowest BCUT2D eigenvalue weighted by Gasteiger charge is -2.26. The van der Waals surface area contributed by atoms with E-state index in [-0.39, 0.29) is 11.9 Å². The van der Waals surface area contributed by atoms with Gasteiger partial charge in [-0.2, -0.15) is 0 Å². The summed E-state index contributed by atoms with van der Waals surface area (Å²) in [5, 5.41) is 6.50. The van der Waals surface area contributed by atoms with Gasteiger partial charge in [-0.15, -0.1) is 0 Å². The highest BCUT2D eigenvalue weighted by Gasteiger charge is 2.21. The van der Waals surface area contributed by atoms with Gasteiger partial charge in [-0.1, -0.05) is 45.4 Å². The first kappa shape index (κ1) is 14.8. The SMILES string of the molecule is CC1CCC(CCNC(=O)C2CCCCCN2)CC1. The van der Waals surface area contributed by atoms with Crippen LogP contribution in [0.2, 0.25) is 0 Å². The molecule has 1 aliphatic heterocycles. The molecule has 0 aromatic heterocycles. The van der Waals surface area contributed by atoms with Gasteiger partial charge in [0.2, 0.25) is 5.91 Å². The van der Waals surface area contributed by atoms with E-state index in [1.807, 2.05) is 0 Å². The molecule has 2 aliphatic rings. The van der Waals surface area contributed by atoms with Crippen LogP contribution in [0.5, 0.6) is 0 Å². The smallest absolute Gasteiger partial charge is 0.237 e. The van der Waals surface area contributed by atoms with Crippen LogP contribution < -0.4 is 10.6 Å². The summed E-state index contributed by atoms with van der Waals surface area (Å²) in [6.07, 6.45) is 11.3. The van der Waals surface area contributed by atoms with Crippen LogP contribution in [0.1, 0.15) is 64.7 Å². The zero-order valence-corrected chi connectivity index (χ0v) is 12.4. The molecule has 2 N–H and O–H groups in total. The Kier molecular flexibility index (Phi) is 6.15. The van der Waals surface area contributed by atoms with Crippen LogP contribution >= 0.6 is 0 Å². The first-order valence-electron chi connectivity index (χ1n) is 8.27. The number of carbonyl (C=O) groups is 1. The van der Waals surface area contributed by atoms with Crippen molar-refractivity contribution in [2.24, 2.45) is 11.8 Å². The number of hydrogen-bond acceptors (Lipinski definition) is 2. The van der Waals surface area contributed by atoms with Gasteiger partial charge in [0.25, 0.3) is 0 Å². The molecule has 0 bridgehead atoms. The van der Waals surface area contributed by atoms with E-state index in [0.29, 0.717) is 0 Å². The fourth-order valence-corrected chi connectivity index (χ4v) is 3.39. The quantitative estimate of drug-likeness (QED) is 0.821. The molecule has 1 heterocycles. The molecule has 110 valence electrons. The molecular weight excluding hydrogens is 236 g/mol. The third kappa shape index (κ3) is 5.13. The predicted octanol–water partition coefficient (Wildman–Crippen LogP) is 2.85. The van der Waals surface area contributed by atoms with Crippen molar-refractivity contribution in [2.45, 2.75) is 70.8 Å². The monoisotopic (exact) mass is 266 g/mol. The zero-order chi connectivity index (χ0) is 13.5. The lowest BCUT2D eigenvalue weighted by atomic mass is 9.81. The minimum absolute atomic E-state index is 0.0638. The minimum Gasteiger partial charge on any atom is -0.355 e. The number of carbonyl (C=O) groups excluding carboxylic acids is 1. The highest BCUT2D eigenvalue weighted by molar-refractivity contribution is 5.81. The van der Waals surface area contributed by atoms with Crippen LogP contribution in [0, 0.1) is 11.8 Å². The number of rotatable bonds is 4. The zero-order valence-electron chi connectivity index (χ0n) is 12.4. The third-order valence-corrected chi connectivity index (χ3v) is 4.86. The summed E-state index contributed by atoms with van der Waals surface area (Å²) in [5.41, 5.74) is 0. The van der Waals surface area contributed by atoms with Gasteiger partial charge in [-0.05, 0) is 37.6 Å². The highest BCUT2D eigenvalue weighted by atomic mass is 16.2. The van der Waals surface area contributed by atoms with E-state index in [1.54, 1.807) is 0 Å². The minimum atomic E-state index is 0.0638. The number of nitrogens with one attached hydrogen (secondary N) is 2. The van der Waals surface area contributed by atoms with Crippen molar-refractivity contribution in [3.8, 4) is 0 Å². The van der Waals surface area contributed by atoms with E-state index in [1.165, 1.54) is 51.4 Å². The van der Waals surface area contributed by atoms with Crippen molar-refractivity contribution in [1.82, 2.24) is 10.6 Å². The van der Waals surface area contributed by atoms with Gasteiger partial charge in [-0.3, -0.25) is 4.79 Å². The summed E-state index contributed by atoms with van der Waals surface area (Å²) < 4.78 is 0. The Bertz CT molecular complexity index is 264. The number of hydrogen-bond donors (Lipinski definition) is 2. The molecule has 0 spiro atoms. The summed E-state index contributed by atoms with van der Waals surface area (Å²) in [6.45, 7) is 4.23. The van der Waals surface area contributed by atoms with Crippen molar-refractivity contribution < 1.29 is 4.79 Å². The van der Waals surface area contributed by atoms with Crippen LogP contribution in [0.25, 0.3) is 0 Å². The Labute approximate surface area is 117 Å².